The minimum atomic E-state index is -0.883. The Kier molecular flexibility index (Phi) is 3.69. The van der Waals surface area contributed by atoms with Gasteiger partial charge in [-0.2, -0.15) is 0 Å². The second-order valence-corrected chi connectivity index (χ2v) is 5.31. The molecule has 0 spiro atoms. The van der Waals surface area contributed by atoms with Crippen LogP contribution in [0.15, 0.2) is 29.8 Å². The Bertz CT molecular complexity index is 744. The number of urea groups is 1. The zero-order valence-electron chi connectivity index (χ0n) is 12.5. The number of para-hydroxylation sites is 1. The lowest BCUT2D eigenvalue weighted by atomic mass is 9.99. The molecular formula is C16H15N3O4. The summed E-state index contributed by atoms with van der Waals surface area (Å²) in [5.41, 5.74) is 0.925. The number of amides is 5. The number of hydrogen-bond donors (Lipinski definition) is 2. The molecule has 0 atom stereocenters. The van der Waals surface area contributed by atoms with E-state index >= 15 is 0 Å². The van der Waals surface area contributed by atoms with Gasteiger partial charge in [0.05, 0.1) is 11.3 Å². The third-order valence-electron chi connectivity index (χ3n) is 3.82. The molecule has 23 heavy (non-hydrogen) atoms. The number of carbonyl (C=O) groups is 4. The van der Waals surface area contributed by atoms with Crippen molar-refractivity contribution in [1.82, 2.24) is 10.6 Å². The maximum absolute atomic E-state index is 12.8. The highest BCUT2D eigenvalue weighted by atomic mass is 16.2. The quantitative estimate of drug-likeness (QED) is 0.641. The SMILES string of the molecule is CCCCN1C(=O)C(=C2C(=O)NC(=O)NC2=O)c2ccccc21. The lowest BCUT2D eigenvalue weighted by molar-refractivity contribution is -0.124. The summed E-state index contributed by atoms with van der Waals surface area (Å²) in [4.78, 5) is 49.6. The summed E-state index contributed by atoms with van der Waals surface area (Å²) in [5, 5.41) is 4.02. The molecule has 2 N–H and O–H groups in total. The molecule has 0 saturated carbocycles. The molecule has 1 saturated heterocycles. The second-order valence-electron chi connectivity index (χ2n) is 5.31. The van der Waals surface area contributed by atoms with E-state index in [1.807, 2.05) is 17.6 Å². The third kappa shape index (κ3) is 2.40. The number of hydrogen-bond acceptors (Lipinski definition) is 4. The molecule has 1 aromatic rings. The number of nitrogens with one attached hydrogen (secondary N) is 2. The highest BCUT2D eigenvalue weighted by Gasteiger charge is 2.40. The summed E-state index contributed by atoms with van der Waals surface area (Å²) in [5.74, 6) is -2.10. The van der Waals surface area contributed by atoms with E-state index < -0.39 is 23.8 Å². The largest absolute Gasteiger partial charge is 0.328 e. The van der Waals surface area contributed by atoms with Crippen molar-refractivity contribution in [3.8, 4) is 0 Å². The van der Waals surface area contributed by atoms with Gasteiger partial charge in [0.25, 0.3) is 17.7 Å². The van der Waals surface area contributed by atoms with Crippen LogP contribution >= 0.6 is 0 Å². The first-order chi connectivity index (χ1) is 11.0. The molecule has 0 bridgehead atoms. The van der Waals surface area contributed by atoms with Crippen molar-refractivity contribution < 1.29 is 19.2 Å². The van der Waals surface area contributed by atoms with Crippen LogP contribution in [-0.2, 0) is 14.4 Å². The summed E-state index contributed by atoms with van der Waals surface area (Å²) >= 11 is 0. The second kappa shape index (κ2) is 5.68. The molecule has 2 aliphatic rings. The fourth-order valence-electron chi connectivity index (χ4n) is 2.75. The summed E-state index contributed by atoms with van der Waals surface area (Å²) in [6, 6.07) is 6.12. The highest BCUT2D eigenvalue weighted by molar-refractivity contribution is 6.44. The van der Waals surface area contributed by atoms with Crippen molar-refractivity contribution in [3.05, 3.63) is 35.4 Å². The minimum absolute atomic E-state index is 0.0409. The molecule has 3 rings (SSSR count). The molecule has 0 aromatic heterocycles. The Morgan fingerprint density at radius 1 is 0.957 bits per heavy atom. The van der Waals surface area contributed by atoms with Gasteiger partial charge < -0.3 is 4.90 Å². The number of anilines is 1. The molecule has 0 aliphatic carbocycles. The highest BCUT2D eigenvalue weighted by Crippen LogP contribution is 2.38. The van der Waals surface area contributed by atoms with Crippen molar-refractivity contribution >= 4 is 35.0 Å². The summed E-state index contributed by atoms with van der Waals surface area (Å²) in [7, 11) is 0. The standard InChI is InChI=1S/C16H15N3O4/c1-2-3-8-19-10-7-5-4-6-9(10)11(15(19)22)12-13(20)17-16(23)18-14(12)21/h4-7H,2-3,8H2,1H3,(H2,17,18,20,21,23). The molecule has 0 radical (unpaired) electrons. The zero-order valence-corrected chi connectivity index (χ0v) is 12.5. The smallest absolute Gasteiger partial charge is 0.308 e. The summed E-state index contributed by atoms with van der Waals surface area (Å²) < 4.78 is 0. The van der Waals surface area contributed by atoms with E-state index in [1.165, 1.54) is 0 Å². The van der Waals surface area contributed by atoms with Gasteiger partial charge in [0.15, 0.2) is 0 Å². The maximum Gasteiger partial charge on any atom is 0.328 e. The number of benzene rings is 1. The predicted octanol–water partition coefficient (Wildman–Crippen LogP) is 0.953. The number of fused-ring (bicyclic) bond motifs is 1. The number of unbranched alkanes of at least 4 members (excludes halogenated alkanes) is 1. The normalized spacial score (nSPS) is 17.3. The first-order valence-electron chi connectivity index (χ1n) is 7.36. The Labute approximate surface area is 132 Å². The van der Waals surface area contributed by atoms with E-state index in [9.17, 15) is 19.2 Å². The Morgan fingerprint density at radius 3 is 2.26 bits per heavy atom. The van der Waals surface area contributed by atoms with Gasteiger partial charge in [-0.25, -0.2) is 4.79 Å². The van der Waals surface area contributed by atoms with Crippen LogP contribution in [0.2, 0.25) is 0 Å². The molecule has 7 heteroatoms. The lowest BCUT2D eigenvalue weighted by Crippen LogP contribution is -2.52. The predicted molar refractivity (Wildman–Crippen MR) is 82.3 cm³/mol. The van der Waals surface area contributed by atoms with E-state index in [4.69, 9.17) is 0 Å². The van der Waals surface area contributed by atoms with Crippen molar-refractivity contribution in [3.63, 3.8) is 0 Å². The number of imide groups is 2. The van der Waals surface area contributed by atoms with Gasteiger partial charge in [-0.05, 0) is 12.5 Å². The van der Waals surface area contributed by atoms with Crippen LogP contribution in [0.25, 0.3) is 5.57 Å². The molecule has 7 nitrogen and oxygen atoms in total. The fraction of sp³-hybridized carbons (Fsp3) is 0.250. The van der Waals surface area contributed by atoms with E-state index in [0.717, 1.165) is 12.8 Å². The molecule has 118 valence electrons. The van der Waals surface area contributed by atoms with Crippen molar-refractivity contribution in [2.45, 2.75) is 19.8 Å². The van der Waals surface area contributed by atoms with Crippen LogP contribution in [0.1, 0.15) is 25.3 Å². The summed E-state index contributed by atoms with van der Waals surface area (Å²) in [6.45, 7) is 2.52. The molecular weight excluding hydrogens is 298 g/mol. The van der Waals surface area contributed by atoms with Crippen LogP contribution in [0.5, 0.6) is 0 Å². The van der Waals surface area contributed by atoms with Crippen LogP contribution < -0.4 is 15.5 Å². The van der Waals surface area contributed by atoms with Crippen LogP contribution in [-0.4, -0.2) is 30.3 Å². The van der Waals surface area contributed by atoms with Gasteiger partial charge >= 0.3 is 6.03 Å². The average Bonchev–Trinajstić information content (AvgIpc) is 2.77. The first-order valence-corrected chi connectivity index (χ1v) is 7.36. The van der Waals surface area contributed by atoms with Gasteiger partial charge in [-0.15, -0.1) is 0 Å². The van der Waals surface area contributed by atoms with Crippen LogP contribution in [0.4, 0.5) is 10.5 Å². The molecule has 1 fully saturated rings. The monoisotopic (exact) mass is 313 g/mol. The van der Waals surface area contributed by atoms with Gasteiger partial charge in [0, 0.05) is 12.1 Å². The Balaban J connectivity index is 2.14. The molecule has 5 amide bonds. The van der Waals surface area contributed by atoms with E-state index in [-0.39, 0.29) is 11.1 Å². The maximum atomic E-state index is 12.8. The van der Waals surface area contributed by atoms with Crippen molar-refractivity contribution in [1.29, 1.82) is 0 Å². The van der Waals surface area contributed by atoms with Crippen LogP contribution in [0.3, 0.4) is 0 Å². The van der Waals surface area contributed by atoms with Gasteiger partial charge in [0.2, 0.25) is 0 Å². The topological polar surface area (TPSA) is 95.6 Å². The van der Waals surface area contributed by atoms with Crippen molar-refractivity contribution in [2.24, 2.45) is 0 Å². The lowest BCUT2D eigenvalue weighted by Gasteiger charge is -2.17. The molecule has 2 heterocycles. The van der Waals surface area contributed by atoms with Gasteiger partial charge in [0.1, 0.15) is 5.57 Å². The Morgan fingerprint density at radius 2 is 1.61 bits per heavy atom. The first kappa shape index (κ1) is 15.0. The molecule has 2 aliphatic heterocycles. The van der Waals surface area contributed by atoms with E-state index in [1.54, 1.807) is 29.2 Å². The minimum Gasteiger partial charge on any atom is -0.308 e. The number of carbonyl (C=O) groups excluding carboxylic acids is 4. The van der Waals surface area contributed by atoms with Crippen molar-refractivity contribution in [2.75, 3.05) is 11.4 Å². The molecule has 0 unspecified atom stereocenters. The van der Waals surface area contributed by atoms with Gasteiger partial charge in [-0.3, -0.25) is 25.0 Å². The Hall–Kier alpha value is -2.96. The average molecular weight is 313 g/mol. The van der Waals surface area contributed by atoms with E-state index in [0.29, 0.717) is 17.8 Å². The number of rotatable bonds is 3. The zero-order chi connectivity index (χ0) is 16.6. The third-order valence-corrected chi connectivity index (χ3v) is 3.82. The van der Waals surface area contributed by atoms with E-state index in [2.05, 4.69) is 0 Å². The number of nitrogens with zero attached hydrogens (tertiary/aromatic N) is 1. The van der Waals surface area contributed by atoms with Crippen LogP contribution in [0, 0.1) is 0 Å². The fourth-order valence-corrected chi connectivity index (χ4v) is 2.75. The number of barbiturate groups is 1. The van der Waals surface area contributed by atoms with Gasteiger partial charge in [-0.1, -0.05) is 31.5 Å². The molecule has 1 aromatic carbocycles. The summed E-state index contributed by atoms with van der Waals surface area (Å²) in [6.07, 6.45) is 1.72.